The molecule has 3 heterocycles. The minimum Gasteiger partial charge on any atom is -0.366 e. The molecule has 0 unspecified atom stereocenters. The van der Waals surface area contributed by atoms with Crippen LogP contribution in [0.1, 0.15) is 54.4 Å². The largest absolute Gasteiger partial charge is 0.366 e. The van der Waals surface area contributed by atoms with Gasteiger partial charge >= 0.3 is 0 Å². The van der Waals surface area contributed by atoms with Gasteiger partial charge in [-0.05, 0) is 49.4 Å². The number of amides is 1. The fraction of sp³-hybridized carbons (Fsp3) is 0.400. The van der Waals surface area contributed by atoms with E-state index in [0.717, 1.165) is 48.2 Å². The molecule has 1 saturated carbocycles. The van der Waals surface area contributed by atoms with Crippen LogP contribution in [0.15, 0.2) is 48.7 Å². The highest BCUT2D eigenvalue weighted by Crippen LogP contribution is 2.24. The molecular weight excluding hydrogens is 386 g/mol. The SMILES string of the molecule is O=C(NC1CC1)c1cc(NCc2ccc(N3CCCCCC3)nc2)nc2ccccc12. The van der Waals surface area contributed by atoms with Crippen molar-refractivity contribution in [1.82, 2.24) is 15.3 Å². The van der Waals surface area contributed by atoms with E-state index in [9.17, 15) is 4.79 Å². The highest BCUT2D eigenvalue weighted by molar-refractivity contribution is 6.07. The number of fused-ring (bicyclic) bond motifs is 1. The Morgan fingerprint density at radius 1 is 1.03 bits per heavy atom. The van der Waals surface area contributed by atoms with Gasteiger partial charge in [-0.2, -0.15) is 0 Å². The van der Waals surface area contributed by atoms with Crippen molar-refractivity contribution in [2.75, 3.05) is 23.3 Å². The van der Waals surface area contributed by atoms with Crippen LogP contribution in [0.3, 0.4) is 0 Å². The first-order valence-electron chi connectivity index (χ1n) is 11.4. The van der Waals surface area contributed by atoms with Crippen molar-refractivity contribution in [2.24, 2.45) is 0 Å². The lowest BCUT2D eigenvalue weighted by Gasteiger charge is -2.21. The minimum absolute atomic E-state index is 0.0207. The molecule has 1 saturated heterocycles. The highest BCUT2D eigenvalue weighted by Gasteiger charge is 2.25. The Bertz CT molecular complexity index is 1050. The van der Waals surface area contributed by atoms with Crippen LogP contribution < -0.4 is 15.5 Å². The third-order valence-electron chi connectivity index (χ3n) is 6.09. The lowest BCUT2D eigenvalue weighted by Crippen LogP contribution is -2.25. The number of para-hydroxylation sites is 1. The molecule has 160 valence electrons. The van der Waals surface area contributed by atoms with E-state index in [4.69, 9.17) is 9.97 Å². The molecule has 1 amide bonds. The molecule has 1 aliphatic heterocycles. The first kappa shape index (κ1) is 19.8. The lowest BCUT2D eigenvalue weighted by atomic mass is 10.1. The Hall–Kier alpha value is -3.15. The predicted octanol–water partition coefficient (Wildman–Crippen LogP) is 4.51. The number of rotatable bonds is 6. The number of carbonyl (C=O) groups is 1. The zero-order chi connectivity index (χ0) is 21.0. The summed E-state index contributed by atoms with van der Waals surface area (Å²) < 4.78 is 0. The molecule has 5 rings (SSSR count). The second-order valence-corrected chi connectivity index (χ2v) is 8.60. The van der Waals surface area contributed by atoms with Gasteiger partial charge in [0.15, 0.2) is 0 Å². The molecule has 6 nitrogen and oxygen atoms in total. The zero-order valence-corrected chi connectivity index (χ0v) is 17.8. The van der Waals surface area contributed by atoms with E-state index < -0.39 is 0 Å². The summed E-state index contributed by atoms with van der Waals surface area (Å²) in [5.74, 6) is 1.75. The monoisotopic (exact) mass is 415 g/mol. The van der Waals surface area contributed by atoms with E-state index >= 15 is 0 Å². The lowest BCUT2D eigenvalue weighted by molar-refractivity contribution is 0.0952. The standard InChI is InChI=1S/C25H29N5O/c31-25(28-19-10-11-19)21-15-23(29-22-8-4-3-7-20(21)22)26-16-18-9-12-24(27-17-18)30-13-5-1-2-6-14-30/h3-4,7-9,12,15,17,19H,1-2,5-6,10-11,13-14,16H2,(H,26,29)(H,28,31). The van der Waals surface area contributed by atoms with E-state index in [1.54, 1.807) is 0 Å². The fourth-order valence-electron chi connectivity index (χ4n) is 4.15. The molecule has 1 aromatic carbocycles. The Morgan fingerprint density at radius 2 is 1.84 bits per heavy atom. The van der Waals surface area contributed by atoms with E-state index in [-0.39, 0.29) is 5.91 Å². The van der Waals surface area contributed by atoms with E-state index in [1.165, 1.54) is 25.7 Å². The van der Waals surface area contributed by atoms with Crippen molar-refractivity contribution >= 4 is 28.4 Å². The summed E-state index contributed by atoms with van der Waals surface area (Å²) in [6, 6.07) is 14.2. The smallest absolute Gasteiger partial charge is 0.252 e. The van der Waals surface area contributed by atoms with Crippen molar-refractivity contribution in [2.45, 2.75) is 51.1 Å². The second kappa shape index (κ2) is 8.92. The zero-order valence-electron chi connectivity index (χ0n) is 17.8. The fourth-order valence-corrected chi connectivity index (χ4v) is 4.15. The molecule has 0 radical (unpaired) electrons. The highest BCUT2D eigenvalue weighted by atomic mass is 16.1. The predicted molar refractivity (Wildman–Crippen MR) is 124 cm³/mol. The van der Waals surface area contributed by atoms with Crippen LogP contribution in [0.4, 0.5) is 11.6 Å². The van der Waals surface area contributed by atoms with Crippen LogP contribution in [-0.2, 0) is 6.54 Å². The number of hydrogen-bond donors (Lipinski definition) is 2. The average molecular weight is 416 g/mol. The van der Waals surface area contributed by atoms with Gasteiger partial charge in [0.1, 0.15) is 11.6 Å². The Kier molecular flexibility index (Phi) is 5.69. The average Bonchev–Trinajstić information content (AvgIpc) is 3.64. The number of nitrogens with one attached hydrogen (secondary N) is 2. The molecule has 2 aliphatic rings. The van der Waals surface area contributed by atoms with Gasteiger partial charge in [0.2, 0.25) is 0 Å². The van der Waals surface area contributed by atoms with Gasteiger partial charge < -0.3 is 15.5 Å². The van der Waals surface area contributed by atoms with Crippen molar-refractivity contribution < 1.29 is 4.79 Å². The number of pyridine rings is 2. The van der Waals surface area contributed by atoms with E-state index in [1.807, 2.05) is 36.5 Å². The maximum absolute atomic E-state index is 12.8. The van der Waals surface area contributed by atoms with Gasteiger partial charge in [-0.15, -0.1) is 0 Å². The molecule has 0 atom stereocenters. The maximum atomic E-state index is 12.8. The minimum atomic E-state index is -0.0207. The van der Waals surface area contributed by atoms with Crippen LogP contribution in [0.2, 0.25) is 0 Å². The molecule has 1 aliphatic carbocycles. The van der Waals surface area contributed by atoms with Crippen molar-refractivity contribution in [1.29, 1.82) is 0 Å². The van der Waals surface area contributed by atoms with E-state index in [2.05, 4.69) is 27.7 Å². The summed E-state index contributed by atoms with van der Waals surface area (Å²) in [6.07, 6.45) is 9.20. The molecule has 2 aromatic heterocycles. The number of aromatic nitrogens is 2. The summed E-state index contributed by atoms with van der Waals surface area (Å²) in [7, 11) is 0. The van der Waals surface area contributed by atoms with Crippen molar-refractivity contribution in [3.05, 3.63) is 59.8 Å². The van der Waals surface area contributed by atoms with Gasteiger partial charge in [0, 0.05) is 37.3 Å². The third-order valence-corrected chi connectivity index (χ3v) is 6.09. The molecular formula is C25H29N5O. The summed E-state index contributed by atoms with van der Waals surface area (Å²) in [6.45, 7) is 2.80. The van der Waals surface area contributed by atoms with Crippen molar-refractivity contribution in [3.63, 3.8) is 0 Å². The van der Waals surface area contributed by atoms with Crippen LogP contribution in [0.5, 0.6) is 0 Å². The van der Waals surface area contributed by atoms with Crippen LogP contribution >= 0.6 is 0 Å². The van der Waals surface area contributed by atoms with Crippen LogP contribution in [0.25, 0.3) is 10.9 Å². The third kappa shape index (κ3) is 4.79. The maximum Gasteiger partial charge on any atom is 0.252 e. The summed E-state index contributed by atoms with van der Waals surface area (Å²) >= 11 is 0. The summed E-state index contributed by atoms with van der Waals surface area (Å²) in [5, 5.41) is 7.36. The number of nitrogens with zero attached hydrogens (tertiary/aromatic N) is 3. The Labute approximate surface area is 183 Å². The summed E-state index contributed by atoms with van der Waals surface area (Å²) in [5.41, 5.74) is 2.59. The Morgan fingerprint density at radius 3 is 2.58 bits per heavy atom. The second-order valence-electron chi connectivity index (χ2n) is 8.60. The number of carbonyl (C=O) groups excluding carboxylic acids is 1. The first-order chi connectivity index (χ1) is 15.3. The van der Waals surface area contributed by atoms with Crippen LogP contribution in [-0.4, -0.2) is 35.0 Å². The van der Waals surface area contributed by atoms with Crippen LogP contribution in [0, 0.1) is 0 Å². The first-order valence-corrected chi connectivity index (χ1v) is 11.4. The molecule has 0 bridgehead atoms. The topological polar surface area (TPSA) is 70.2 Å². The molecule has 2 N–H and O–H groups in total. The van der Waals surface area contributed by atoms with Gasteiger partial charge in [0.05, 0.1) is 11.1 Å². The summed E-state index contributed by atoms with van der Waals surface area (Å²) in [4.78, 5) is 24.6. The number of hydrogen-bond acceptors (Lipinski definition) is 5. The normalized spacial score (nSPS) is 16.7. The van der Waals surface area contributed by atoms with Gasteiger partial charge in [-0.3, -0.25) is 4.79 Å². The van der Waals surface area contributed by atoms with Crippen molar-refractivity contribution in [3.8, 4) is 0 Å². The molecule has 2 fully saturated rings. The van der Waals surface area contributed by atoms with E-state index in [0.29, 0.717) is 24.0 Å². The number of benzene rings is 1. The quantitative estimate of drug-likeness (QED) is 0.620. The molecule has 0 spiro atoms. The molecule has 3 aromatic rings. The number of anilines is 2. The van der Waals surface area contributed by atoms with Gasteiger partial charge in [-0.25, -0.2) is 9.97 Å². The molecule has 31 heavy (non-hydrogen) atoms. The Balaban J connectivity index is 1.30. The van der Waals surface area contributed by atoms with Gasteiger partial charge in [0.25, 0.3) is 5.91 Å². The van der Waals surface area contributed by atoms with Gasteiger partial charge in [-0.1, -0.05) is 37.1 Å². The molecule has 6 heteroatoms.